The summed E-state index contributed by atoms with van der Waals surface area (Å²) in [6.45, 7) is 4.91. The molecule has 0 aliphatic carbocycles. The van der Waals surface area contributed by atoms with Gasteiger partial charge in [-0.3, -0.25) is 14.9 Å². The standard InChI is InChI=1S/C11H21N3O4/c1-3-13-11(17)14-9(15)8-12-7-5-6-10(16)18-4-2/h12H,3-8H2,1-2H3,(H2,13,14,15,17). The molecule has 0 heterocycles. The maximum atomic E-state index is 11.2. The van der Waals surface area contributed by atoms with Crippen LogP contribution >= 0.6 is 0 Å². The molecule has 0 saturated heterocycles. The number of hydrogen-bond acceptors (Lipinski definition) is 5. The van der Waals surface area contributed by atoms with Gasteiger partial charge in [-0.15, -0.1) is 0 Å². The summed E-state index contributed by atoms with van der Waals surface area (Å²) in [4.78, 5) is 33.1. The normalized spacial score (nSPS) is 9.67. The Bertz CT molecular complexity index is 281. The van der Waals surface area contributed by atoms with Crippen molar-refractivity contribution in [3.8, 4) is 0 Å². The highest BCUT2D eigenvalue weighted by molar-refractivity contribution is 5.95. The number of nitrogens with one attached hydrogen (secondary N) is 3. The highest BCUT2D eigenvalue weighted by Crippen LogP contribution is 1.90. The van der Waals surface area contributed by atoms with Crippen LogP contribution < -0.4 is 16.0 Å². The maximum absolute atomic E-state index is 11.2. The van der Waals surface area contributed by atoms with E-state index in [-0.39, 0.29) is 12.5 Å². The molecule has 0 fully saturated rings. The molecule has 7 nitrogen and oxygen atoms in total. The van der Waals surface area contributed by atoms with E-state index in [0.29, 0.717) is 32.5 Å². The van der Waals surface area contributed by atoms with Crippen molar-refractivity contribution in [1.82, 2.24) is 16.0 Å². The van der Waals surface area contributed by atoms with Crippen LogP contribution in [0, 0.1) is 0 Å². The Morgan fingerprint density at radius 2 is 1.89 bits per heavy atom. The molecule has 0 atom stereocenters. The van der Waals surface area contributed by atoms with E-state index in [0.717, 1.165) is 0 Å². The van der Waals surface area contributed by atoms with Gasteiger partial charge in [-0.25, -0.2) is 4.79 Å². The minimum absolute atomic E-state index is 0.0416. The molecule has 0 radical (unpaired) electrons. The lowest BCUT2D eigenvalue weighted by Crippen LogP contribution is -2.43. The van der Waals surface area contributed by atoms with Gasteiger partial charge in [-0.1, -0.05) is 0 Å². The molecule has 0 saturated carbocycles. The second-order valence-electron chi connectivity index (χ2n) is 3.49. The van der Waals surface area contributed by atoms with Crippen LogP contribution in [-0.4, -0.2) is 44.1 Å². The Balaban J connectivity index is 3.46. The van der Waals surface area contributed by atoms with E-state index in [1.54, 1.807) is 13.8 Å². The molecule has 104 valence electrons. The highest BCUT2D eigenvalue weighted by atomic mass is 16.5. The van der Waals surface area contributed by atoms with E-state index in [1.165, 1.54) is 0 Å². The third-order valence-electron chi connectivity index (χ3n) is 1.92. The predicted octanol–water partition coefficient (Wildman–Crippen LogP) is -0.235. The van der Waals surface area contributed by atoms with Gasteiger partial charge >= 0.3 is 12.0 Å². The molecule has 0 bridgehead atoms. The highest BCUT2D eigenvalue weighted by Gasteiger charge is 2.06. The first-order valence-corrected chi connectivity index (χ1v) is 6.04. The van der Waals surface area contributed by atoms with Crippen molar-refractivity contribution < 1.29 is 19.1 Å². The van der Waals surface area contributed by atoms with E-state index in [4.69, 9.17) is 4.74 Å². The zero-order valence-electron chi connectivity index (χ0n) is 10.9. The van der Waals surface area contributed by atoms with E-state index >= 15 is 0 Å². The number of urea groups is 1. The fourth-order valence-electron chi connectivity index (χ4n) is 1.17. The molecule has 3 amide bonds. The van der Waals surface area contributed by atoms with Gasteiger partial charge in [0.1, 0.15) is 0 Å². The van der Waals surface area contributed by atoms with Gasteiger partial charge in [-0.2, -0.15) is 0 Å². The van der Waals surface area contributed by atoms with Gasteiger partial charge in [0.05, 0.1) is 13.2 Å². The summed E-state index contributed by atoms with van der Waals surface area (Å²) < 4.78 is 4.75. The van der Waals surface area contributed by atoms with Crippen molar-refractivity contribution >= 4 is 17.9 Å². The molecule has 0 rings (SSSR count). The van der Waals surface area contributed by atoms with Gasteiger partial charge in [0.25, 0.3) is 0 Å². The molecule has 0 aromatic carbocycles. The molecule has 0 aliphatic heterocycles. The molecule has 7 heteroatoms. The summed E-state index contributed by atoms with van der Waals surface area (Å²) >= 11 is 0. The Kier molecular flexibility index (Phi) is 9.57. The molecule has 18 heavy (non-hydrogen) atoms. The first kappa shape index (κ1) is 16.4. The van der Waals surface area contributed by atoms with E-state index in [2.05, 4.69) is 16.0 Å². The third kappa shape index (κ3) is 9.59. The molecule has 0 aliphatic rings. The summed E-state index contributed by atoms with van der Waals surface area (Å²) in [6, 6.07) is -0.504. The number of hydrogen-bond donors (Lipinski definition) is 3. The van der Waals surface area contributed by atoms with Crippen LogP contribution in [0.15, 0.2) is 0 Å². The zero-order chi connectivity index (χ0) is 13.8. The third-order valence-corrected chi connectivity index (χ3v) is 1.92. The van der Waals surface area contributed by atoms with Crippen LogP contribution in [0.5, 0.6) is 0 Å². The fraction of sp³-hybridized carbons (Fsp3) is 0.727. The zero-order valence-corrected chi connectivity index (χ0v) is 10.9. The minimum Gasteiger partial charge on any atom is -0.466 e. The van der Waals surface area contributed by atoms with Crippen molar-refractivity contribution in [2.75, 3.05) is 26.2 Å². The van der Waals surface area contributed by atoms with E-state index in [1.807, 2.05) is 0 Å². The molecule has 3 N–H and O–H groups in total. The second kappa shape index (κ2) is 10.5. The molecule has 0 spiro atoms. The first-order valence-electron chi connectivity index (χ1n) is 6.04. The SMILES string of the molecule is CCNC(=O)NC(=O)CNCCCC(=O)OCC. The van der Waals surface area contributed by atoms with Gasteiger partial charge < -0.3 is 15.4 Å². The molecular formula is C11H21N3O4. The summed E-state index contributed by atoms with van der Waals surface area (Å²) in [5.74, 6) is -0.650. The Labute approximate surface area is 107 Å². The Hall–Kier alpha value is -1.63. The summed E-state index contributed by atoms with van der Waals surface area (Å²) in [5.41, 5.74) is 0. The van der Waals surface area contributed by atoms with Crippen LogP contribution in [0.1, 0.15) is 26.7 Å². The van der Waals surface area contributed by atoms with Crippen molar-refractivity contribution in [1.29, 1.82) is 0 Å². The van der Waals surface area contributed by atoms with Crippen LogP contribution in [0.4, 0.5) is 4.79 Å². The van der Waals surface area contributed by atoms with E-state index < -0.39 is 11.9 Å². The predicted molar refractivity (Wildman–Crippen MR) is 66.0 cm³/mol. The Morgan fingerprint density at radius 3 is 2.50 bits per heavy atom. The smallest absolute Gasteiger partial charge is 0.321 e. The number of esters is 1. The number of amides is 3. The largest absolute Gasteiger partial charge is 0.466 e. The summed E-state index contributed by atoms with van der Waals surface area (Å²) in [5, 5.41) is 7.44. The number of rotatable bonds is 8. The average Bonchev–Trinajstić information content (AvgIpc) is 2.29. The molecule has 0 unspecified atom stereocenters. The summed E-state index contributed by atoms with van der Waals surface area (Å²) in [6.07, 6.45) is 0.909. The topological polar surface area (TPSA) is 96.5 Å². The van der Waals surface area contributed by atoms with Gasteiger partial charge in [0, 0.05) is 13.0 Å². The molecular weight excluding hydrogens is 238 g/mol. The van der Waals surface area contributed by atoms with Crippen molar-refractivity contribution in [2.45, 2.75) is 26.7 Å². The lowest BCUT2D eigenvalue weighted by molar-refractivity contribution is -0.143. The lowest BCUT2D eigenvalue weighted by Gasteiger charge is -2.06. The number of carbonyl (C=O) groups is 3. The number of imide groups is 1. The van der Waals surface area contributed by atoms with Crippen LogP contribution in [0.25, 0.3) is 0 Å². The Morgan fingerprint density at radius 1 is 1.17 bits per heavy atom. The van der Waals surface area contributed by atoms with Gasteiger partial charge in [-0.05, 0) is 26.8 Å². The van der Waals surface area contributed by atoms with Crippen molar-refractivity contribution in [3.63, 3.8) is 0 Å². The van der Waals surface area contributed by atoms with Crippen LogP contribution in [0.2, 0.25) is 0 Å². The van der Waals surface area contributed by atoms with Crippen LogP contribution in [0.3, 0.4) is 0 Å². The number of carbonyl (C=O) groups excluding carboxylic acids is 3. The molecule has 0 aromatic heterocycles. The van der Waals surface area contributed by atoms with Crippen molar-refractivity contribution in [3.05, 3.63) is 0 Å². The first-order chi connectivity index (χ1) is 8.60. The minimum atomic E-state index is -0.504. The van der Waals surface area contributed by atoms with Crippen LogP contribution in [-0.2, 0) is 14.3 Å². The number of ether oxygens (including phenoxy) is 1. The molecule has 0 aromatic rings. The lowest BCUT2D eigenvalue weighted by atomic mass is 10.3. The van der Waals surface area contributed by atoms with Gasteiger partial charge in [0.2, 0.25) is 5.91 Å². The summed E-state index contributed by atoms with van der Waals surface area (Å²) in [7, 11) is 0. The monoisotopic (exact) mass is 259 g/mol. The van der Waals surface area contributed by atoms with Gasteiger partial charge in [0.15, 0.2) is 0 Å². The quantitative estimate of drug-likeness (QED) is 0.413. The second-order valence-corrected chi connectivity index (χ2v) is 3.49. The van der Waals surface area contributed by atoms with E-state index in [9.17, 15) is 14.4 Å². The average molecular weight is 259 g/mol. The van der Waals surface area contributed by atoms with Crippen molar-refractivity contribution in [2.24, 2.45) is 0 Å². The fourth-order valence-corrected chi connectivity index (χ4v) is 1.17. The maximum Gasteiger partial charge on any atom is 0.321 e.